The van der Waals surface area contributed by atoms with E-state index in [-0.39, 0.29) is 0 Å². The third-order valence-corrected chi connectivity index (χ3v) is 2.97. The Morgan fingerprint density at radius 1 is 1.00 bits per heavy atom. The Bertz CT molecular complexity index is 437. The Morgan fingerprint density at radius 3 is 2.21 bits per heavy atom. The molecule has 19 heavy (non-hydrogen) atoms. The monoisotopic (exact) mass is 263 g/mol. The van der Waals surface area contributed by atoms with Crippen molar-refractivity contribution >= 4 is 11.8 Å². The molecule has 1 aliphatic rings. The molecule has 0 saturated heterocycles. The van der Waals surface area contributed by atoms with Crippen LogP contribution in [-0.2, 0) is 9.88 Å². The van der Waals surface area contributed by atoms with Crippen LogP contribution in [0.3, 0.4) is 0 Å². The number of hydrogen-bond acceptors (Lipinski definition) is 4. The largest absolute Gasteiger partial charge is 0.288 e. The quantitative estimate of drug-likeness (QED) is 0.328. The van der Waals surface area contributed by atoms with Crippen molar-refractivity contribution in [2.24, 2.45) is 0 Å². The van der Waals surface area contributed by atoms with Crippen LogP contribution in [0.4, 0.5) is 0 Å². The first kappa shape index (κ1) is 13.7. The van der Waals surface area contributed by atoms with E-state index in [0.717, 1.165) is 25.7 Å². The van der Waals surface area contributed by atoms with Gasteiger partial charge >= 0.3 is 0 Å². The van der Waals surface area contributed by atoms with Gasteiger partial charge in [0.1, 0.15) is 0 Å². The van der Waals surface area contributed by atoms with Crippen molar-refractivity contribution in [2.45, 2.75) is 32.6 Å². The first-order valence-electron chi connectivity index (χ1n) is 6.53. The fourth-order valence-corrected chi connectivity index (χ4v) is 1.91. The molecule has 5 nitrogen and oxygen atoms in total. The molecular formula is C14H17NO4. The summed E-state index contributed by atoms with van der Waals surface area (Å²) < 4.78 is 0. The summed E-state index contributed by atoms with van der Waals surface area (Å²) in [5, 5.41) is 0.671. The minimum Gasteiger partial charge on any atom is -0.266 e. The number of fused-ring (bicyclic) bond motifs is 1. The maximum Gasteiger partial charge on any atom is 0.288 e. The van der Waals surface area contributed by atoms with Gasteiger partial charge in [0, 0.05) is 0 Å². The van der Waals surface area contributed by atoms with Gasteiger partial charge in [-0.05, 0) is 18.6 Å². The highest BCUT2D eigenvalue weighted by Gasteiger charge is 2.37. The second-order valence-corrected chi connectivity index (χ2v) is 4.41. The molecule has 102 valence electrons. The lowest BCUT2D eigenvalue weighted by atomic mass is 10.1. The van der Waals surface area contributed by atoms with Gasteiger partial charge in [0.15, 0.2) is 0 Å². The summed E-state index contributed by atoms with van der Waals surface area (Å²) in [6, 6.07) is 6.61. The molecule has 0 aliphatic carbocycles. The lowest BCUT2D eigenvalue weighted by Gasteiger charge is -2.11. The molecule has 0 aromatic heterocycles. The van der Waals surface area contributed by atoms with E-state index in [0.29, 0.717) is 22.8 Å². The molecule has 0 atom stereocenters. The van der Waals surface area contributed by atoms with Crippen LogP contribution in [0.2, 0.25) is 0 Å². The summed E-state index contributed by atoms with van der Waals surface area (Å²) in [5.74, 6) is -0.955. The van der Waals surface area contributed by atoms with Crippen LogP contribution in [0.15, 0.2) is 24.3 Å². The van der Waals surface area contributed by atoms with Crippen molar-refractivity contribution in [1.29, 1.82) is 0 Å². The zero-order valence-electron chi connectivity index (χ0n) is 10.9. The fraction of sp³-hybridized carbons (Fsp3) is 0.429. The molecule has 2 rings (SSSR count). The van der Waals surface area contributed by atoms with Gasteiger partial charge < -0.3 is 0 Å². The van der Waals surface area contributed by atoms with E-state index in [1.807, 2.05) is 0 Å². The number of benzene rings is 1. The predicted octanol–water partition coefficient (Wildman–Crippen LogP) is 2.73. The summed E-state index contributed by atoms with van der Waals surface area (Å²) >= 11 is 0. The second-order valence-electron chi connectivity index (χ2n) is 4.41. The molecule has 0 saturated carbocycles. The first-order valence-corrected chi connectivity index (χ1v) is 6.53. The average Bonchev–Trinajstić information content (AvgIpc) is 2.68. The Balaban J connectivity index is 1.83. The zero-order valence-corrected chi connectivity index (χ0v) is 10.9. The number of amides is 2. The molecule has 0 fully saturated rings. The van der Waals surface area contributed by atoms with Crippen LogP contribution in [0.1, 0.15) is 53.3 Å². The highest BCUT2D eigenvalue weighted by Crippen LogP contribution is 2.22. The van der Waals surface area contributed by atoms with Crippen LogP contribution < -0.4 is 0 Å². The third-order valence-electron chi connectivity index (χ3n) is 2.97. The van der Waals surface area contributed by atoms with Crippen LogP contribution in [-0.4, -0.2) is 23.5 Å². The molecule has 0 bridgehead atoms. The molecule has 1 aromatic carbocycles. The molecule has 1 aliphatic heterocycles. The Kier molecular flexibility index (Phi) is 4.65. The van der Waals surface area contributed by atoms with Gasteiger partial charge in [-0.1, -0.05) is 38.3 Å². The van der Waals surface area contributed by atoms with Gasteiger partial charge in [-0.15, -0.1) is 10.1 Å². The van der Waals surface area contributed by atoms with Gasteiger partial charge in [-0.25, -0.2) is 4.89 Å². The molecule has 5 heteroatoms. The van der Waals surface area contributed by atoms with Gasteiger partial charge in [-0.2, -0.15) is 0 Å². The number of hydrogen-bond donors (Lipinski definition) is 0. The van der Waals surface area contributed by atoms with Gasteiger partial charge in [-0.3, -0.25) is 9.59 Å². The number of carbonyl (C=O) groups excluding carboxylic acids is 2. The van der Waals surface area contributed by atoms with Gasteiger partial charge in [0.2, 0.25) is 0 Å². The molecule has 0 N–H and O–H groups in total. The smallest absolute Gasteiger partial charge is 0.266 e. The number of imide groups is 1. The zero-order chi connectivity index (χ0) is 13.7. The Labute approximate surface area is 112 Å². The molecule has 0 spiro atoms. The van der Waals surface area contributed by atoms with Crippen LogP contribution in [0.5, 0.6) is 0 Å². The Hall–Kier alpha value is -1.72. The van der Waals surface area contributed by atoms with E-state index < -0.39 is 11.8 Å². The van der Waals surface area contributed by atoms with Crippen molar-refractivity contribution in [2.75, 3.05) is 6.61 Å². The Morgan fingerprint density at radius 2 is 1.63 bits per heavy atom. The standard InChI is InChI=1S/C14H17NO4/c1-2-3-4-7-10-18-19-15-13(16)11-8-5-6-9-12(11)14(15)17/h5-6,8-9H,2-4,7,10H2,1H3. The topological polar surface area (TPSA) is 55.8 Å². The van der Waals surface area contributed by atoms with Crippen LogP contribution in [0, 0.1) is 0 Å². The van der Waals surface area contributed by atoms with E-state index in [1.54, 1.807) is 24.3 Å². The summed E-state index contributed by atoms with van der Waals surface area (Å²) in [7, 11) is 0. The molecule has 0 radical (unpaired) electrons. The summed E-state index contributed by atoms with van der Waals surface area (Å²) in [4.78, 5) is 33.5. The van der Waals surface area contributed by atoms with Crippen molar-refractivity contribution in [3.05, 3.63) is 35.4 Å². The van der Waals surface area contributed by atoms with E-state index in [2.05, 4.69) is 6.92 Å². The number of rotatable bonds is 7. The number of hydroxylamine groups is 2. The molecular weight excluding hydrogens is 246 g/mol. The van der Waals surface area contributed by atoms with E-state index in [9.17, 15) is 9.59 Å². The van der Waals surface area contributed by atoms with E-state index >= 15 is 0 Å². The molecule has 1 heterocycles. The third kappa shape index (κ3) is 3.00. The highest BCUT2D eigenvalue weighted by atomic mass is 17.3. The van der Waals surface area contributed by atoms with E-state index in [1.165, 1.54) is 0 Å². The summed E-state index contributed by atoms with van der Waals surface area (Å²) in [6.45, 7) is 2.49. The van der Waals surface area contributed by atoms with E-state index in [4.69, 9.17) is 9.88 Å². The van der Waals surface area contributed by atoms with Crippen LogP contribution >= 0.6 is 0 Å². The first-order chi connectivity index (χ1) is 9.25. The fourth-order valence-electron chi connectivity index (χ4n) is 1.91. The lowest BCUT2D eigenvalue weighted by Crippen LogP contribution is -2.30. The van der Waals surface area contributed by atoms with Crippen molar-refractivity contribution < 1.29 is 19.5 Å². The van der Waals surface area contributed by atoms with Crippen LogP contribution in [0.25, 0.3) is 0 Å². The molecule has 2 amide bonds. The lowest BCUT2D eigenvalue weighted by molar-refractivity contribution is -0.385. The number of nitrogens with zero attached hydrogens (tertiary/aromatic N) is 1. The summed E-state index contributed by atoms with van der Waals surface area (Å²) in [6.07, 6.45) is 4.16. The second kappa shape index (κ2) is 6.45. The number of unbranched alkanes of at least 4 members (excludes halogenated alkanes) is 3. The SMILES string of the molecule is CCCCCCOON1C(=O)c2ccccc2C1=O. The maximum absolute atomic E-state index is 11.9. The summed E-state index contributed by atoms with van der Waals surface area (Å²) in [5.41, 5.74) is 0.698. The molecule has 1 aromatic rings. The van der Waals surface area contributed by atoms with Gasteiger partial charge in [0.25, 0.3) is 11.8 Å². The highest BCUT2D eigenvalue weighted by molar-refractivity contribution is 6.20. The average molecular weight is 263 g/mol. The normalized spacial score (nSPS) is 14.1. The number of carbonyl (C=O) groups is 2. The van der Waals surface area contributed by atoms with Gasteiger partial charge in [0.05, 0.1) is 17.7 Å². The predicted molar refractivity (Wildman–Crippen MR) is 68.1 cm³/mol. The minimum absolute atomic E-state index is 0.349. The maximum atomic E-state index is 11.9. The van der Waals surface area contributed by atoms with Crippen molar-refractivity contribution in [3.8, 4) is 0 Å². The van der Waals surface area contributed by atoms with Crippen molar-refractivity contribution in [1.82, 2.24) is 5.06 Å². The minimum atomic E-state index is -0.478. The molecule has 0 unspecified atom stereocenters. The van der Waals surface area contributed by atoms with Crippen molar-refractivity contribution in [3.63, 3.8) is 0 Å².